The number of rotatable bonds is 3. The number of aromatic nitrogens is 2. The highest BCUT2D eigenvalue weighted by Crippen LogP contribution is 2.44. The first-order valence-corrected chi connectivity index (χ1v) is 15.4. The van der Waals surface area contributed by atoms with E-state index in [2.05, 4.69) is 161 Å². The van der Waals surface area contributed by atoms with Crippen molar-refractivity contribution in [1.82, 2.24) is 9.13 Å². The Labute approximate surface area is 258 Å². The second-order valence-corrected chi connectivity index (χ2v) is 11.7. The molecular weight excluding hydrogens is 548 g/mol. The zero-order chi connectivity index (χ0) is 29.5. The molecule has 0 aliphatic carbocycles. The zero-order valence-corrected chi connectivity index (χ0v) is 24.3. The van der Waals surface area contributed by atoms with E-state index in [1.54, 1.807) is 0 Å². The van der Waals surface area contributed by atoms with Crippen molar-refractivity contribution in [3.8, 4) is 22.5 Å². The molecule has 0 N–H and O–H groups in total. The molecule has 0 spiro atoms. The van der Waals surface area contributed by atoms with Crippen LogP contribution in [0.5, 0.6) is 0 Å². The van der Waals surface area contributed by atoms with Crippen molar-refractivity contribution in [2.75, 3.05) is 0 Å². The van der Waals surface area contributed by atoms with Gasteiger partial charge in [0.25, 0.3) is 0 Å². The van der Waals surface area contributed by atoms with Crippen LogP contribution in [0.1, 0.15) is 0 Å². The predicted molar refractivity (Wildman–Crippen MR) is 188 cm³/mol. The molecule has 0 aliphatic heterocycles. The van der Waals surface area contributed by atoms with E-state index < -0.39 is 0 Å². The summed E-state index contributed by atoms with van der Waals surface area (Å²) in [6, 6.07) is 56.4. The van der Waals surface area contributed by atoms with Crippen molar-refractivity contribution >= 4 is 65.6 Å². The number of hydrogen-bond acceptors (Lipinski definition) is 1. The van der Waals surface area contributed by atoms with Crippen molar-refractivity contribution in [3.63, 3.8) is 0 Å². The Morgan fingerprint density at radius 3 is 1.67 bits per heavy atom. The topological polar surface area (TPSA) is 23.0 Å². The highest BCUT2D eigenvalue weighted by molar-refractivity contribution is 6.29. The SMILES string of the molecule is c1ccc(-n2c3ccccc3c3c4c5cc(-c6cccc7c6oc6ccccc67)ccc5n(-c5ccccc5)c4ccc32)cc1. The molecule has 7 aromatic carbocycles. The van der Waals surface area contributed by atoms with Crippen molar-refractivity contribution in [2.45, 2.75) is 0 Å². The summed E-state index contributed by atoms with van der Waals surface area (Å²) >= 11 is 0. The number of hydrogen-bond donors (Lipinski definition) is 0. The summed E-state index contributed by atoms with van der Waals surface area (Å²) < 4.78 is 11.3. The Kier molecular flexibility index (Phi) is 5.00. The molecule has 10 aromatic rings. The Balaban J connectivity index is 1.37. The van der Waals surface area contributed by atoms with Crippen LogP contribution in [0.3, 0.4) is 0 Å². The molecule has 0 bridgehead atoms. The van der Waals surface area contributed by atoms with Crippen LogP contribution in [0, 0.1) is 0 Å². The van der Waals surface area contributed by atoms with Gasteiger partial charge in [-0.15, -0.1) is 0 Å². The molecular formula is C42H26N2O. The van der Waals surface area contributed by atoms with Gasteiger partial charge in [-0.1, -0.05) is 97.1 Å². The van der Waals surface area contributed by atoms with E-state index in [9.17, 15) is 0 Å². The van der Waals surface area contributed by atoms with E-state index >= 15 is 0 Å². The number of benzene rings is 7. The molecule has 0 atom stereocenters. The maximum Gasteiger partial charge on any atom is 0.143 e. The molecule has 0 aliphatic rings. The predicted octanol–water partition coefficient (Wildman–Crippen LogP) is 11.4. The average Bonchev–Trinajstić information content (AvgIpc) is 3.76. The molecule has 210 valence electrons. The van der Waals surface area contributed by atoms with Crippen LogP contribution in [-0.4, -0.2) is 9.13 Å². The van der Waals surface area contributed by atoms with E-state index in [-0.39, 0.29) is 0 Å². The van der Waals surface area contributed by atoms with Crippen LogP contribution in [-0.2, 0) is 0 Å². The summed E-state index contributed by atoms with van der Waals surface area (Å²) in [5.74, 6) is 0. The maximum absolute atomic E-state index is 6.48. The Bertz CT molecular complexity index is 2740. The number of fused-ring (bicyclic) bond motifs is 10. The van der Waals surface area contributed by atoms with Gasteiger partial charge in [0.2, 0.25) is 0 Å². The van der Waals surface area contributed by atoms with E-state index in [0.717, 1.165) is 44.4 Å². The van der Waals surface area contributed by atoms with E-state index in [0.29, 0.717) is 0 Å². The highest BCUT2D eigenvalue weighted by Gasteiger charge is 2.21. The Morgan fingerprint density at radius 1 is 0.378 bits per heavy atom. The highest BCUT2D eigenvalue weighted by atomic mass is 16.3. The quantitative estimate of drug-likeness (QED) is 0.206. The van der Waals surface area contributed by atoms with Gasteiger partial charge in [0.05, 0.1) is 22.1 Å². The van der Waals surface area contributed by atoms with Crippen molar-refractivity contribution < 1.29 is 4.42 Å². The third-order valence-corrected chi connectivity index (χ3v) is 9.31. The van der Waals surface area contributed by atoms with E-state index in [1.165, 1.54) is 43.6 Å². The standard InChI is InChI=1S/C42H26N2O/c1-3-12-28(13-4-1)43-35-20-9-7-17-33(35)40-37(43)24-25-38-41(40)34-26-27(22-23-36(34)44(38)29-14-5-2-6-15-29)30-18-11-19-32-31-16-8-10-21-39(31)45-42(30)32/h1-26H. The fourth-order valence-corrected chi connectivity index (χ4v) is 7.42. The third-order valence-electron chi connectivity index (χ3n) is 9.31. The smallest absolute Gasteiger partial charge is 0.143 e. The normalized spacial score (nSPS) is 12.0. The molecule has 3 aromatic heterocycles. The lowest BCUT2D eigenvalue weighted by Gasteiger charge is -2.09. The summed E-state index contributed by atoms with van der Waals surface area (Å²) in [7, 11) is 0. The van der Waals surface area contributed by atoms with Gasteiger partial charge in [0.15, 0.2) is 0 Å². The van der Waals surface area contributed by atoms with Crippen LogP contribution in [0.4, 0.5) is 0 Å². The molecule has 3 nitrogen and oxygen atoms in total. The maximum atomic E-state index is 6.48. The molecule has 3 heterocycles. The van der Waals surface area contributed by atoms with Crippen LogP contribution in [0.2, 0.25) is 0 Å². The summed E-state index contributed by atoms with van der Waals surface area (Å²) in [4.78, 5) is 0. The first-order chi connectivity index (χ1) is 22.3. The lowest BCUT2D eigenvalue weighted by molar-refractivity contribution is 0.670. The molecule has 0 fully saturated rings. The summed E-state index contributed by atoms with van der Waals surface area (Å²) in [6.45, 7) is 0. The summed E-state index contributed by atoms with van der Waals surface area (Å²) in [6.07, 6.45) is 0. The molecule has 0 saturated heterocycles. The van der Waals surface area contributed by atoms with Crippen LogP contribution < -0.4 is 0 Å². The Morgan fingerprint density at radius 2 is 0.933 bits per heavy atom. The second kappa shape index (κ2) is 9.22. The van der Waals surface area contributed by atoms with Gasteiger partial charge >= 0.3 is 0 Å². The van der Waals surface area contributed by atoms with E-state index in [1.807, 2.05) is 6.07 Å². The van der Waals surface area contributed by atoms with Crippen LogP contribution in [0.25, 0.3) is 88.1 Å². The molecule has 45 heavy (non-hydrogen) atoms. The monoisotopic (exact) mass is 574 g/mol. The van der Waals surface area contributed by atoms with Crippen molar-refractivity contribution in [1.29, 1.82) is 0 Å². The molecule has 0 saturated carbocycles. The molecule has 3 heteroatoms. The minimum atomic E-state index is 0.914. The molecule has 0 unspecified atom stereocenters. The fourth-order valence-electron chi connectivity index (χ4n) is 7.42. The summed E-state index contributed by atoms with van der Waals surface area (Å²) in [5, 5.41) is 7.29. The lowest BCUT2D eigenvalue weighted by Crippen LogP contribution is -1.94. The molecule has 0 amide bonds. The first kappa shape index (κ1) is 24.4. The lowest BCUT2D eigenvalue weighted by atomic mass is 9.99. The minimum absolute atomic E-state index is 0.914. The Hall–Kier alpha value is -6.06. The van der Waals surface area contributed by atoms with Gasteiger partial charge in [-0.25, -0.2) is 0 Å². The molecule has 10 rings (SSSR count). The van der Waals surface area contributed by atoms with Crippen molar-refractivity contribution in [3.05, 3.63) is 158 Å². The first-order valence-electron chi connectivity index (χ1n) is 15.4. The summed E-state index contributed by atoms with van der Waals surface area (Å²) in [5.41, 5.74) is 11.2. The van der Waals surface area contributed by atoms with Gasteiger partial charge in [-0.2, -0.15) is 0 Å². The van der Waals surface area contributed by atoms with Gasteiger partial charge in [-0.05, 0) is 66.2 Å². The largest absolute Gasteiger partial charge is 0.455 e. The average molecular weight is 575 g/mol. The zero-order valence-electron chi connectivity index (χ0n) is 24.3. The van der Waals surface area contributed by atoms with Crippen LogP contribution >= 0.6 is 0 Å². The van der Waals surface area contributed by atoms with Gasteiger partial charge in [-0.3, -0.25) is 0 Å². The second-order valence-electron chi connectivity index (χ2n) is 11.7. The van der Waals surface area contributed by atoms with Crippen LogP contribution in [0.15, 0.2) is 162 Å². The number of furan rings is 1. The van der Waals surface area contributed by atoms with Crippen molar-refractivity contribution in [2.24, 2.45) is 0 Å². The van der Waals surface area contributed by atoms with E-state index in [4.69, 9.17) is 4.42 Å². The fraction of sp³-hybridized carbons (Fsp3) is 0. The third kappa shape index (κ3) is 3.41. The van der Waals surface area contributed by atoms with Gasteiger partial charge in [0.1, 0.15) is 11.2 Å². The number of nitrogens with zero attached hydrogens (tertiary/aromatic N) is 2. The van der Waals surface area contributed by atoms with Gasteiger partial charge < -0.3 is 13.6 Å². The molecule has 0 radical (unpaired) electrons. The van der Waals surface area contributed by atoms with Gasteiger partial charge in [0, 0.05) is 49.3 Å². The number of para-hydroxylation sites is 5. The minimum Gasteiger partial charge on any atom is -0.455 e.